The fourth-order valence-corrected chi connectivity index (χ4v) is 3.32. The molecule has 0 bridgehead atoms. The van der Waals surface area contributed by atoms with Crippen molar-refractivity contribution in [1.29, 1.82) is 0 Å². The Labute approximate surface area is 128 Å². The van der Waals surface area contributed by atoms with Gasteiger partial charge in [-0.15, -0.1) is 0 Å². The monoisotopic (exact) mass is 287 g/mol. The van der Waals surface area contributed by atoms with E-state index in [1.165, 1.54) is 26.8 Å². The topological polar surface area (TPSA) is 12.4 Å². The first-order valence-electron chi connectivity index (χ1n) is 6.92. The van der Waals surface area contributed by atoms with E-state index < -0.39 is 0 Å². The first-order chi connectivity index (χ1) is 10.4. The van der Waals surface area contributed by atoms with Gasteiger partial charge >= 0.3 is 0 Å². The lowest BCUT2D eigenvalue weighted by atomic mass is 10.0. The highest BCUT2D eigenvalue weighted by Gasteiger charge is 2.09. The zero-order valence-corrected chi connectivity index (χ0v) is 12.2. The largest absolute Gasteiger partial charge is 0.211 e. The summed E-state index contributed by atoms with van der Waals surface area (Å²) in [5.74, 6) is 0. The lowest BCUT2D eigenvalue weighted by Crippen LogP contribution is -1.96. The summed E-state index contributed by atoms with van der Waals surface area (Å²) >= 11 is 1.55. The summed E-state index contributed by atoms with van der Waals surface area (Å²) in [6, 6.07) is 23.2. The zero-order chi connectivity index (χ0) is 14.1. The first-order valence-corrected chi connectivity index (χ1v) is 7.69. The van der Waals surface area contributed by atoms with Gasteiger partial charge in [-0.3, -0.25) is 0 Å². The molecule has 1 nitrogen and oxygen atoms in total. The second kappa shape index (κ2) is 5.23. The zero-order valence-electron chi connectivity index (χ0n) is 11.4. The highest BCUT2D eigenvalue weighted by molar-refractivity contribution is 7.98. The third-order valence-electron chi connectivity index (χ3n) is 3.65. The SMILES string of the molecule is C1=Cc2ccccc2SN=C1c1cccc2ccccc12. The molecule has 0 amide bonds. The van der Waals surface area contributed by atoms with Crippen LogP contribution in [-0.2, 0) is 0 Å². The first kappa shape index (κ1) is 12.4. The van der Waals surface area contributed by atoms with Crippen molar-refractivity contribution < 1.29 is 0 Å². The molecule has 0 aliphatic carbocycles. The molecule has 3 aromatic carbocycles. The lowest BCUT2D eigenvalue weighted by Gasteiger charge is -2.05. The summed E-state index contributed by atoms with van der Waals surface area (Å²) in [6.45, 7) is 0. The summed E-state index contributed by atoms with van der Waals surface area (Å²) in [5, 5.41) is 2.49. The Morgan fingerprint density at radius 2 is 1.52 bits per heavy atom. The van der Waals surface area contributed by atoms with Crippen molar-refractivity contribution >= 4 is 34.5 Å². The van der Waals surface area contributed by atoms with E-state index >= 15 is 0 Å². The molecule has 0 saturated carbocycles. The maximum absolute atomic E-state index is 4.73. The molecule has 0 spiro atoms. The third kappa shape index (κ3) is 2.28. The van der Waals surface area contributed by atoms with Crippen molar-refractivity contribution in [3.63, 3.8) is 0 Å². The average Bonchev–Trinajstić information content (AvgIpc) is 2.77. The van der Waals surface area contributed by atoms with Crippen LogP contribution in [0.3, 0.4) is 0 Å². The van der Waals surface area contributed by atoms with Crippen LogP contribution in [-0.4, -0.2) is 5.71 Å². The predicted octanol–water partition coefficient (Wildman–Crippen LogP) is 5.36. The lowest BCUT2D eigenvalue weighted by molar-refractivity contribution is 1.43. The molecule has 1 heterocycles. The number of hydrogen-bond donors (Lipinski definition) is 0. The van der Waals surface area contributed by atoms with Gasteiger partial charge in [0, 0.05) is 22.4 Å². The Morgan fingerprint density at radius 3 is 2.52 bits per heavy atom. The van der Waals surface area contributed by atoms with Gasteiger partial charge in [-0.2, -0.15) is 0 Å². The molecular formula is C19H13NS. The Balaban J connectivity index is 1.86. The van der Waals surface area contributed by atoms with Crippen LogP contribution in [0.15, 0.2) is 82.1 Å². The van der Waals surface area contributed by atoms with Gasteiger partial charge in [0.2, 0.25) is 0 Å². The Bertz CT molecular complexity index is 872. The van der Waals surface area contributed by atoms with E-state index in [0.29, 0.717) is 0 Å². The minimum atomic E-state index is 1.02. The molecule has 21 heavy (non-hydrogen) atoms. The fourth-order valence-electron chi connectivity index (χ4n) is 2.59. The van der Waals surface area contributed by atoms with Crippen LogP contribution >= 0.6 is 11.9 Å². The molecule has 1 aliphatic heterocycles. The molecule has 0 aromatic heterocycles. The molecule has 2 heteroatoms. The number of allylic oxidation sites excluding steroid dienone is 1. The summed E-state index contributed by atoms with van der Waals surface area (Å²) in [7, 11) is 0. The van der Waals surface area contributed by atoms with Crippen LogP contribution in [0.1, 0.15) is 11.1 Å². The van der Waals surface area contributed by atoms with E-state index in [4.69, 9.17) is 4.40 Å². The van der Waals surface area contributed by atoms with Gasteiger partial charge in [0.1, 0.15) is 0 Å². The highest BCUT2D eigenvalue weighted by atomic mass is 32.2. The van der Waals surface area contributed by atoms with Crippen LogP contribution in [0.4, 0.5) is 0 Å². The van der Waals surface area contributed by atoms with E-state index in [-0.39, 0.29) is 0 Å². The highest BCUT2D eigenvalue weighted by Crippen LogP contribution is 2.30. The second-order valence-electron chi connectivity index (χ2n) is 4.97. The number of fused-ring (bicyclic) bond motifs is 2. The van der Waals surface area contributed by atoms with Crippen molar-refractivity contribution in [2.45, 2.75) is 4.90 Å². The van der Waals surface area contributed by atoms with Crippen LogP contribution in [0, 0.1) is 0 Å². The summed E-state index contributed by atoms with van der Waals surface area (Å²) in [6.07, 6.45) is 4.26. The molecule has 0 fully saturated rings. The number of benzene rings is 3. The van der Waals surface area contributed by atoms with E-state index in [2.05, 4.69) is 78.9 Å². The van der Waals surface area contributed by atoms with E-state index in [0.717, 1.165) is 5.71 Å². The van der Waals surface area contributed by atoms with Crippen molar-refractivity contribution in [3.05, 3.63) is 83.9 Å². The molecule has 0 unspecified atom stereocenters. The Kier molecular flexibility index (Phi) is 3.09. The van der Waals surface area contributed by atoms with E-state index in [1.807, 2.05) is 0 Å². The van der Waals surface area contributed by atoms with Gasteiger partial charge in [-0.05, 0) is 28.5 Å². The normalized spacial score (nSPS) is 13.6. The van der Waals surface area contributed by atoms with Gasteiger partial charge in [0.05, 0.1) is 5.71 Å². The smallest absolute Gasteiger partial charge is 0.0795 e. The average molecular weight is 287 g/mol. The summed E-state index contributed by atoms with van der Waals surface area (Å²) in [5.41, 5.74) is 3.43. The fraction of sp³-hybridized carbons (Fsp3) is 0. The Morgan fingerprint density at radius 1 is 0.714 bits per heavy atom. The number of nitrogens with zero attached hydrogens (tertiary/aromatic N) is 1. The molecule has 3 aromatic rings. The minimum absolute atomic E-state index is 1.02. The molecule has 1 aliphatic rings. The maximum atomic E-state index is 4.73. The van der Waals surface area contributed by atoms with Gasteiger partial charge in [0.15, 0.2) is 0 Å². The molecule has 0 atom stereocenters. The third-order valence-corrected chi connectivity index (χ3v) is 4.50. The minimum Gasteiger partial charge on any atom is -0.211 e. The Hall–Kier alpha value is -2.32. The molecular weight excluding hydrogens is 274 g/mol. The summed E-state index contributed by atoms with van der Waals surface area (Å²) < 4.78 is 4.73. The predicted molar refractivity (Wildman–Crippen MR) is 91.8 cm³/mol. The molecule has 100 valence electrons. The molecule has 0 radical (unpaired) electrons. The molecule has 4 rings (SSSR count). The van der Waals surface area contributed by atoms with Crippen LogP contribution in [0.25, 0.3) is 16.8 Å². The number of hydrogen-bond acceptors (Lipinski definition) is 2. The van der Waals surface area contributed by atoms with Gasteiger partial charge < -0.3 is 0 Å². The van der Waals surface area contributed by atoms with Crippen molar-refractivity contribution in [2.75, 3.05) is 0 Å². The molecule has 0 N–H and O–H groups in total. The van der Waals surface area contributed by atoms with Crippen molar-refractivity contribution in [2.24, 2.45) is 4.40 Å². The van der Waals surface area contributed by atoms with E-state index in [1.54, 1.807) is 11.9 Å². The second-order valence-corrected chi connectivity index (χ2v) is 5.77. The molecule has 0 saturated heterocycles. The quantitative estimate of drug-likeness (QED) is 0.549. The number of rotatable bonds is 1. The van der Waals surface area contributed by atoms with Crippen LogP contribution in [0.5, 0.6) is 0 Å². The van der Waals surface area contributed by atoms with Gasteiger partial charge in [-0.1, -0.05) is 66.7 Å². The maximum Gasteiger partial charge on any atom is 0.0795 e. The van der Waals surface area contributed by atoms with Crippen LogP contribution < -0.4 is 0 Å². The van der Waals surface area contributed by atoms with E-state index in [9.17, 15) is 0 Å². The van der Waals surface area contributed by atoms with Crippen molar-refractivity contribution in [1.82, 2.24) is 0 Å². The summed E-state index contributed by atoms with van der Waals surface area (Å²) in [4.78, 5) is 1.20. The van der Waals surface area contributed by atoms with Gasteiger partial charge in [0.25, 0.3) is 0 Å². The van der Waals surface area contributed by atoms with Crippen LogP contribution in [0.2, 0.25) is 0 Å². The van der Waals surface area contributed by atoms with Gasteiger partial charge in [-0.25, -0.2) is 4.40 Å². The van der Waals surface area contributed by atoms with Crippen molar-refractivity contribution in [3.8, 4) is 0 Å². The standard InChI is InChI=1S/C19H13NS/c1-3-9-16-14(6-1)8-5-10-17(16)18-13-12-15-7-2-4-11-19(15)21-20-18/h1-13H.